The van der Waals surface area contributed by atoms with Crippen LogP contribution in [0.5, 0.6) is 0 Å². The van der Waals surface area contributed by atoms with Crippen molar-refractivity contribution in [3.63, 3.8) is 0 Å². The third-order valence-corrected chi connectivity index (χ3v) is 4.72. The summed E-state index contributed by atoms with van der Waals surface area (Å²) in [6.45, 7) is 8.13. The first-order valence-electron chi connectivity index (χ1n) is 7.45. The van der Waals surface area contributed by atoms with Crippen LogP contribution in [0, 0.1) is 27.7 Å². The quantitative estimate of drug-likeness (QED) is 0.682. The molecule has 0 fully saturated rings. The van der Waals surface area contributed by atoms with Crippen molar-refractivity contribution in [1.29, 1.82) is 0 Å². The Bertz CT molecular complexity index is 878. The molecule has 0 aliphatic carbocycles. The highest BCUT2D eigenvalue weighted by Gasteiger charge is 2.10. The highest BCUT2D eigenvalue weighted by molar-refractivity contribution is 7.22. The van der Waals surface area contributed by atoms with Gasteiger partial charge in [0.15, 0.2) is 5.13 Å². The zero-order chi connectivity index (χ0) is 16.6. The molecule has 0 bridgehead atoms. The van der Waals surface area contributed by atoms with Crippen LogP contribution in [0.3, 0.4) is 0 Å². The Morgan fingerprint density at radius 2 is 1.70 bits per heavy atom. The Hall–Kier alpha value is -2.40. The lowest BCUT2D eigenvalue weighted by atomic mass is 10.1. The van der Waals surface area contributed by atoms with E-state index in [2.05, 4.69) is 41.6 Å². The van der Waals surface area contributed by atoms with Gasteiger partial charge in [-0.05, 0) is 68.1 Å². The SMILES string of the molecule is Cc1cc(C)cc(NC(=O)Nc2nc3c(C)c(C)ccc3s2)c1. The summed E-state index contributed by atoms with van der Waals surface area (Å²) in [4.78, 5) is 16.7. The summed E-state index contributed by atoms with van der Waals surface area (Å²) in [6, 6.07) is 9.80. The molecule has 1 aromatic heterocycles. The molecule has 0 unspecified atom stereocenters. The zero-order valence-corrected chi connectivity index (χ0v) is 14.5. The maximum absolute atomic E-state index is 12.2. The fourth-order valence-electron chi connectivity index (χ4n) is 2.59. The number of benzene rings is 2. The van der Waals surface area contributed by atoms with Crippen LogP contribution in [0.25, 0.3) is 10.2 Å². The lowest BCUT2D eigenvalue weighted by molar-refractivity contribution is 0.262. The van der Waals surface area contributed by atoms with Crippen molar-refractivity contribution in [2.75, 3.05) is 10.6 Å². The number of hydrogen-bond acceptors (Lipinski definition) is 3. The van der Waals surface area contributed by atoms with Crippen LogP contribution >= 0.6 is 11.3 Å². The van der Waals surface area contributed by atoms with Crippen LogP contribution < -0.4 is 10.6 Å². The molecule has 0 radical (unpaired) electrons. The second-order valence-corrected chi connectivity index (χ2v) is 6.86. The molecule has 3 rings (SSSR count). The molecule has 1 heterocycles. The number of anilines is 2. The number of nitrogens with zero attached hydrogens (tertiary/aromatic N) is 1. The van der Waals surface area contributed by atoms with E-state index in [9.17, 15) is 4.79 Å². The molecule has 23 heavy (non-hydrogen) atoms. The molecule has 5 heteroatoms. The third-order valence-electron chi connectivity index (χ3n) is 3.78. The van der Waals surface area contributed by atoms with E-state index >= 15 is 0 Å². The van der Waals surface area contributed by atoms with Crippen LogP contribution in [-0.4, -0.2) is 11.0 Å². The number of urea groups is 1. The molecule has 0 saturated carbocycles. The van der Waals surface area contributed by atoms with Gasteiger partial charge in [-0.25, -0.2) is 9.78 Å². The maximum atomic E-state index is 12.2. The number of fused-ring (bicyclic) bond motifs is 1. The summed E-state index contributed by atoms with van der Waals surface area (Å²) in [7, 11) is 0. The molecule has 2 aromatic carbocycles. The summed E-state index contributed by atoms with van der Waals surface area (Å²) in [6.07, 6.45) is 0. The van der Waals surface area contributed by atoms with Gasteiger partial charge in [0.2, 0.25) is 0 Å². The van der Waals surface area contributed by atoms with Crippen molar-refractivity contribution < 1.29 is 4.79 Å². The van der Waals surface area contributed by atoms with E-state index in [1.54, 1.807) is 0 Å². The normalized spacial score (nSPS) is 10.8. The Kier molecular flexibility index (Phi) is 4.05. The molecule has 0 spiro atoms. The first-order chi connectivity index (χ1) is 10.9. The highest BCUT2D eigenvalue weighted by atomic mass is 32.1. The van der Waals surface area contributed by atoms with Crippen molar-refractivity contribution >= 4 is 38.4 Å². The monoisotopic (exact) mass is 325 g/mol. The van der Waals surface area contributed by atoms with Gasteiger partial charge in [-0.15, -0.1) is 0 Å². The fraction of sp³-hybridized carbons (Fsp3) is 0.222. The highest BCUT2D eigenvalue weighted by Crippen LogP contribution is 2.29. The Morgan fingerprint density at radius 3 is 2.39 bits per heavy atom. The Labute approximate surface area is 139 Å². The molecule has 118 valence electrons. The smallest absolute Gasteiger partial charge is 0.308 e. The molecule has 3 aromatic rings. The molecule has 0 saturated heterocycles. The van der Waals surface area contributed by atoms with Gasteiger partial charge in [0.05, 0.1) is 10.2 Å². The molecule has 0 atom stereocenters. The predicted molar refractivity (Wildman–Crippen MR) is 97.7 cm³/mol. The summed E-state index contributed by atoms with van der Waals surface area (Å²) in [5.41, 5.74) is 6.33. The minimum atomic E-state index is -0.275. The predicted octanol–water partition coefficient (Wildman–Crippen LogP) is 5.17. The first-order valence-corrected chi connectivity index (χ1v) is 8.27. The average Bonchev–Trinajstić information content (AvgIpc) is 2.85. The summed E-state index contributed by atoms with van der Waals surface area (Å²) < 4.78 is 1.08. The van der Waals surface area contributed by atoms with Crippen molar-refractivity contribution in [1.82, 2.24) is 4.98 Å². The van der Waals surface area contributed by atoms with Gasteiger partial charge >= 0.3 is 6.03 Å². The number of nitrogens with one attached hydrogen (secondary N) is 2. The molecule has 0 aliphatic heterocycles. The van der Waals surface area contributed by atoms with Crippen LogP contribution in [-0.2, 0) is 0 Å². The van der Waals surface area contributed by atoms with E-state index in [0.717, 1.165) is 32.6 Å². The third kappa shape index (κ3) is 3.35. The molecule has 2 N–H and O–H groups in total. The molecule has 2 amide bonds. The number of amides is 2. The van der Waals surface area contributed by atoms with Gasteiger partial charge < -0.3 is 5.32 Å². The maximum Gasteiger partial charge on any atom is 0.325 e. The van der Waals surface area contributed by atoms with Crippen molar-refractivity contribution in [3.8, 4) is 0 Å². The van der Waals surface area contributed by atoms with Crippen LogP contribution in [0.2, 0.25) is 0 Å². The number of carbonyl (C=O) groups is 1. The number of aromatic nitrogens is 1. The van der Waals surface area contributed by atoms with Gasteiger partial charge in [0, 0.05) is 5.69 Å². The summed E-state index contributed by atoms with van der Waals surface area (Å²) in [5.74, 6) is 0. The van der Waals surface area contributed by atoms with Gasteiger partial charge in [-0.3, -0.25) is 5.32 Å². The van der Waals surface area contributed by atoms with E-state index in [-0.39, 0.29) is 6.03 Å². The molecule has 0 aliphatic rings. The van der Waals surface area contributed by atoms with Crippen molar-refractivity contribution in [3.05, 3.63) is 52.6 Å². The summed E-state index contributed by atoms with van der Waals surface area (Å²) >= 11 is 1.48. The number of carbonyl (C=O) groups excluding carboxylic acids is 1. The minimum absolute atomic E-state index is 0.275. The van der Waals surface area contributed by atoms with Gasteiger partial charge in [-0.2, -0.15) is 0 Å². The van der Waals surface area contributed by atoms with Crippen LogP contribution in [0.1, 0.15) is 22.3 Å². The van der Waals surface area contributed by atoms with Gasteiger partial charge in [-0.1, -0.05) is 23.5 Å². The molecule has 4 nitrogen and oxygen atoms in total. The lowest BCUT2D eigenvalue weighted by Gasteiger charge is -2.07. The standard InChI is InChI=1S/C18H19N3OS/c1-10-7-11(2)9-14(8-10)19-17(22)21-18-20-16-13(4)12(3)5-6-15(16)23-18/h5-9H,1-4H3,(H2,19,20,21,22). The minimum Gasteiger partial charge on any atom is -0.308 e. The second-order valence-electron chi connectivity index (χ2n) is 5.83. The largest absolute Gasteiger partial charge is 0.325 e. The number of thiazole rings is 1. The van der Waals surface area contributed by atoms with Crippen molar-refractivity contribution in [2.45, 2.75) is 27.7 Å². The van der Waals surface area contributed by atoms with E-state index in [1.165, 1.54) is 16.9 Å². The zero-order valence-electron chi connectivity index (χ0n) is 13.7. The second kappa shape index (κ2) is 6.01. The topological polar surface area (TPSA) is 54.0 Å². The summed E-state index contributed by atoms with van der Waals surface area (Å²) in [5, 5.41) is 6.29. The van der Waals surface area contributed by atoms with E-state index < -0.39 is 0 Å². The lowest BCUT2D eigenvalue weighted by Crippen LogP contribution is -2.19. The number of aryl methyl sites for hydroxylation is 4. The van der Waals surface area contributed by atoms with E-state index in [1.807, 2.05) is 32.0 Å². The van der Waals surface area contributed by atoms with Crippen molar-refractivity contribution in [2.24, 2.45) is 0 Å². The molecular formula is C18H19N3OS. The first kappa shape index (κ1) is 15.5. The Morgan fingerprint density at radius 1 is 1.00 bits per heavy atom. The van der Waals surface area contributed by atoms with Gasteiger partial charge in [0.1, 0.15) is 0 Å². The number of hydrogen-bond donors (Lipinski definition) is 2. The van der Waals surface area contributed by atoms with Crippen LogP contribution in [0.4, 0.5) is 15.6 Å². The van der Waals surface area contributed by atoms with Gasteiger partial charge in [0.25, 0.3) is 0 Å². The van der Waals surface area contributed by atoms with E-state index in [4.69, 9.17) is 0 Å². The molecular weight excluding hydrogens is 306 g/mol. The fourth-order valence-corrected chi connectivity index (χ4v) is 3.51. The van der Waals surface area contributed by atoms with E-state index in [0.29, 0.717) is 5.13 Å². The number of rotatable bonds is 2. The van der Waals surface area contributed by atoms with Crippen LogP contribution in [0.15, 0.2) is 30.3 Å². The Balaban J connectivity index is 1.79. The average molecular weight is 325 g/mol.